The smallest absolute Gasteiger partial charge is 0.328 e. The Morgan fingerprint density at radius 3 is 2.53 bits per heavy atom. The van der Waals surface area contributed by atoms with Crippen LogP contribution in [0.15, 0.2) is 23.8 Å². The molecule has 0 aliphatic heterocycles. The van der Waals surface area contributed by atoms with E-state index >= 15 is 0 Å². The summed E-state index contributed by atoms with van der Waals surface area (Å²) in [7, 11) is 0. The van der Waals surface area contributed by atoms with Crippen LogP contribution in [0.3, 0.4) is 0 Å². The summed E-state index contributed by atoms with van der Waals surface area (Å²) in [6.45, 7) is 0. The molecule has 0 atom stereocenters. The predicted octanol–water partition coefficient (Wildman–Crippen LogP) is 3.69. The average Bonchev–Trinajstić information content (AvgIpc) is 2.23. The van der Waals surface area contributed by atoms with Gasteiger partial charge in [-0.05, 0) is 25.7 Å². The normalized spacial score (nSPS) is 23.3. The molecule has 84 valence electrons. The zero-order valence-corrected chi connectivity index (χ0v) is 9.24. The van der Waals surface area contributed by atoms with Crippen LogP contribution in [0.5, 0.6) is 0 Å². The molecule has 0 amide bonds. The van der Waals surface area contributed by atoms with E-state index in [0.717, 1.165) is 12.8 Å². The van der Waals surface area contributed by atoms with Gasteiger partial charge in [0.15, 0.2) is 0 Å². The first-order chi connectivity index (χ1) is 7.29. The quantitative estimate of drug-likeness (QED) is 0.703. The summed E-state index contributed by atoms with van der Waals surface area (Å²) in [6.07, 6.45) is 15.0. The highest BCUT2D eigenvalue weighted by Crippen LogP contribution is 2.17. The standard InChI is InChI=1S/C13H20O2/c14-13(15)11-10-12-8-6-4-2-1-3-5-7-9-12/h8,10-11H,1-7,9H2,(H,14,15)/b11-10?,12-8+. The molecule has 1 aliphatic carbocycles. The predicted molar refractivity (Wildman–Crippen MR) is 61.8 cm³/mol. The molecule has 0 unspecified atom stereocenters. The summed E-state index contributed by atoms with van der Waals surface area (Å²) in [5.74, 6) is -0.854. The molecule has 0 bridgehead atoms. The molecule has 1 aliphatic rings. The lowest BCUT2D eigenvalue weighted by Crippen LogP contribution is -1.90. The van der Waals surface area contributed by atoms with Crippen molar-refractivity contribution in [2.75, 3.05) is 0 Å². The van der Waals surface area contributed by atoms with Gasteiger partial charge < -0.3 is 5.11 Å². The van der Waals surface area contributed by atoms with Gasteiger partial charge in [-0.25, -0.2) is 4.79 Å². The van der Waals surface area contributed by atoms with Gasteiger partial charge in [-0.3, -0.25) is 0 Å². The van der Waals surface area contributed by atoms with Crippen molar-refractivity contribution in [2.24, 2.45) is 0 Å². The molecular weight excluding hydrogens is 188 g/mol. The van der Waals surface area contributed by atoms with E-state index in [2.05, 4.69) is 6.08 Å². The minimum absolute atomic E-state index is 0.854. The Balaban J connectivity index is 2.49. The summed E-state index contributed by atoms with van der Waals surface area (Å²) in [6, 6.07) is 0. The van der Waals surface area contributed by atoms with Crippen molar-refractivity contribution in [1.82, 2.24) is 0 Å². The Kier molecular flexibility index (Phi) is 5.83. The van der Waals surface area contributed by atoms with Crippen LogP contribution in [0.2, 0.25) is 0 Å². The molecule has 0 aromatic rings. The van der Waals surface area contributed by atoms with E-state index in [1.165, 1.54) is 50.2 Å². The summed E-state index contributed by atoms with van der Waals surface area (Å²) in [4.78, 5) is 10.4. The third kappa shape index (κ3) is 6.10. The van der Waals surface area contributed by atoms with Gasteiger partial charge in [-0.15, -0.1) is 0 Å². The van der Waals surface area contributed by atoms with Gasteiger partial charge in [0.05, 0.1) is 0 Å². The van der Waals surface area contributed by atoms with Crippen molar-refractivity contribution in [3.05, 3.63) is 23.8 Å². The molecule has 2 heteroatoms. The Labute approximate surface area is 91.7 Å². The molecule has 0 heterocycles. The minimum Gasteiger partial charge on any atom is -0.478 e. The average molecular weight is 208 g/mol. The zero-order chi connectivity index (χ0) is 10.9. The monoisotopic (exact) mass is 208 g/mol. The Hall–Kier alpha value is -1.05. The van der Waals surface area contributed by atoms with Crippen LogP contribution >= 0.6 is 0 Å². The van der Waals surface area contributed by atoms with Crippen LogP contribution in [-0.2, 0) is 4.79 Å². The summed E-state index contributed by atoms with van der Waals surface area (Å²) in [5.41, 5.74) is 1.19. The number of aliphatic carboxylic acids is 1. The first kappa shape index (κ1) is 12.0. The zero-order valence-electron chi connectivity index (χ0n) is 9.24. The number of allylic oxidation sites excluding steroid dienone is 3. The maximum Gasteiger partial charge on any atom is 0.328 e. The highest BCUT2D eigenvalue weighted by molar-refractivity contribution is 5.80. The van der Waals surface area contributed by atoms with Crippen molar-refractivity contribution in [3.63, 3.8) is 0 Å². The van der Waals surface area contributed by atoms with Crippen molar-refractivity contribution < 1.29 is 9.90 Å². The minimum atomic E-state index is -0.854. The van der Waals surface area contributed by atoms with Crippen molar-refractivity contribution in [1.29, 1.82) is 0 Å². The van der Waals surface area contributed by atoms with E-state index in [1.807, 2.05) is 0 Å². The summed E-state index contributed by atoms with van der Waals surface area (Å²) in [5, 5.41) is 8.56. The van der Waals surface area contributed by atoms with Crippen molar-refractivity contribution in [3.8, 4) is 0 Å². The van der Waals surface area contributed by atoms with Crippen molar-refractivity contribution in [2.45, 2.75) is 51.4 Å². The first-order valence-electron chi connectivity index (χ1n) is 5.89. The Bertz CT molecular complexity index is 251. The fourth-order valence-electron chi connectivity index (χ4n) is 1.90. The molecule has 0 radical (unpaired) electrons. The van der Waals surface area contributed by atoms with Gasteiger partial charge in [0.25, 0.3) is 0 Å². The number of carbonyl (C=O) groups is 1. The number of carboxylic acid groups (broad SMARTS) is 1. The lowest BCUT2D eigenvalue weighted by molar-refractivity contribution is -0.131. The van der Waals surface area contributed by atoms with Gasteiger partial charge in [-0.1, -0.05) is 43.4 Å². The maximum atomic E-state index is 10.4. The van der Waals surface area contributed by atoms with Gasteiger partial charge >= 0.3 is 5.97 Å². The van der Waals surface area contributed by atoms with Crippen LogP contribution in [0.25, 0.3) is 0 Å². The van der Waals surface area contributed by atoms with E-state index < -0.39 is 5.97 Å². The summed E-state index contributed by atoms with van der Waals surface area (Å²) < 4.78 is 0. The number of carboxylic acids is 1. The van der Waals surface area contributed by atoms with Gasteiger partial charge in [0.2, 0.25) is 0 Å². The van der Waals surface area contributed by atoms with E-state index in [1.54, 1.807) is 6.08 Å². The highest BCUT2D eigenvalue weighted by atomic mass is 16.4. The Morgan fingerprint density at radius 2 is 1.80 bits per heavy atom. The third-order valence-electron chi connectivity index (χ3n) is 2.77. The molecular formula is C13H20O2. The lowest BCUT2D eigenvalue weighted by atomic mass is 10.00. The fraction of sp³-hybridized carbons (Fsp3) is 0.615. The first-order valence-corrected chi connectivity index (χ1v) is 5.89. The number of hydrogen-bond donors (Lipinski definition) is 1. The molecule has 0 spiro atoms. The van der Waals surface area contributed by atoms with E-state index in [4.69, 9.17) is 5.11 Å². The highest BCUT2D eigenvalue weighted by Gasteiger charge is 1.98. The lowest BCUT2D eigenvalue weighted by Gasteiger charge is -2.06. The maximum absolute atomic E-state index is 10.4. The number of rotatable bonds is 2. The molecule has 0 saturated heterocycles. The van der Waals surface area contributed by atoms with Crippen LogP contribution in [0, 0.1) is 0 Å². The molecule has 2 nitrogen and oxygen atoms in total. The molecule has 0 aromatic carbocycles. The second-order valence-electron chi connectivity index (χ2n) is 4.11. The second kappa shape index (κ2) is 7.27. The topological polar surface area (TPSA) is 37.3 Å². The van der Waals surface area contributed by atoms with Crippen molar-refractivity contribution >= 4 is 5.97 Å². The molecule has 0 fully saturated rings. The largest absolute Gasteiger partial charge is 0.478 e. The molecule has 15 heavy (non-hydrogen) atoms. The molecule has 0 saturated carbocycles. The van der Waals surface area contributed by atoms with Crippen LogP contribution in [-0.4, -0.2) is 11.1 Å². The second-order valence-corrected chi connectivity index (χ2v) is 4.11. The van der Waals surface area contributed by atoms with Gasteiger partial charge in [-0.2, -0.15) is 0 Å². The fourth-order valence-corrected chi connectivity index (χ4v) is 1.90. The third-order valence-corrected chi connectivity index (χ3v) is 2.77. The van der Waals surface area contributed by atoms with Crippen LogP contribution in [0.4, 0.5) is 0 Å². The SMILES string of the molecule is O=C(O)C=C/C1=C/CCCCCCCC1. The van der Waals surface area contributed by atoms with E-state index in [-0.39, 0.29) is 0 Å². The molecule has 1 N–H and O–H groups in total. The van der Waals surface area contributed by atoms with E-state index in [9.17, 15) is 4.79 Å². The molecule has 1 rings (SSSR count). The van der Waals surface area contributed by atoms with Crippen LogP contribution in [0.1, 0.15) is 51.4 Å². The summed E-state index contributed by atoms with van der Waals surface area (Å²) >= 11 is 0. The van der Waals surface area contributed by atoms with E-state index in [0.29, 0.717) is 0 Å². The molecule has 0 aromatic heterocycles. The Morgan fingerprint density at radius 1 is 1.13 bits per heavy atom. The number of hydrogen-bond acceptors (Lipinski definition) is 1. The van der Waals surface area contributed by atoms with Gasteiger partial charge in [0, 0.05) is 6.08 Å². The van der Waals surface area contributed by atoms with Gasteiger partial charge in [0.1, 0.15) is 0 Å². The van der Waals surface area contributed by atoms with Crippen LogP contribution < -0.4 is 0 Å².